The molecule has 96 valence electrons. The summed E-state index contributed by atoms with van der Waals surface area (Å²) >= 11 is 0. The highest BCUT2D eigenvalue weighted by molar-refractivity contribution is 7.91. The van der Waals surface area contributed by atoms with E-state index < -0.39 is 15.1 Å². The molecule has 1 unspecified atom stereocenters. The molecule has 0 aliphatic carbocycles. The normalized spacial score (nSPS) is 22.4. The van der Waals surface area contributed by atoms with Crippen LogP contribution in [0.3, 0.4) is 0 Å². The number of pyridine rings is 1. The van der Waals surface area contributed by atoms with Crippen LogP contribution in [-0.4, -0.2) is 35.9 Å². The lowest BCUT2D eigenvalue weighted by Crippen LogP contribution is -2.12. The minimum absolute atomic E-state index is 0.224. The fourth-order valence-electron chi connectivity index (χ4n) is 2.38. The molecule has 0 saturated carbocycles. The van der Waals surface area contributed by atoms with E-state index in [0.717, 1.165) is 0 Å². The van der Waals surface area contributed by atoms with Crippen molar-refractivity contribution in [2.75, 3.05) is 12.9 Å². The van der Waals surface area contributed by atoms with E-state index in [4.69, 9.17) is 4.74 Å². The molecule has 0 amide bonds. The van der Waals surface area contributed by atoms with E-state index in [9.17, 15) is 8.42 Å². The lowest BCUT2D eigenvalue weighted by atomic mass is 10.2. The molecule has 0 aromatic carbocycles. The highest BCUT2D eigenvalue weighted by Gasteiger charge is 2.36. The fourth-order valence-corrected chi connectivity index (χ4v) is 4.24. The van der Waals surface area contributed by atoms with Gasteiger partial charge in [0.25, 0.3) is 0 Å². The Labute approximate surface area is 105 Å². The minimum atomic E-state index is -3.11. The second-order valence-electron chi connectivity index (χ2n) is 4.32. The molecule has 0 radical (unpaired) electrons. The Hall–Kier alpha value is -1.63. The predicted octanol–water partition coefficient (Wildman–Crippen LogP) is 0.988. The maximum absolute atomic E-state index is 12.0. The molecular weight excluding hydrogens is 254 g/mol. The first-order valence-corrected chi connectivity index (χ1v) is 7.44. The number of sulfone groups is 1. The van der Waals surface area contributed by atoms with Gasteiger partial charge in [-0.1, -0.05) is 6.07 Å². The molecule has 1 fully saturated rings. The van der Waals surface area contributed by atoms with Gasteiger partial charge in [-0.3, -0.25) is 0 Å². The van der Waals surface area contributed by atoms with E-state index in [1.807, 2.05) is 0 Å². The number of rotatable bonds is 2. The van der Waals surface area contributed by atoms with E-state index in [-0.39, 0.29) is 5.75 Å². The van der Waals surface area contributed by atoms with Gasteiger partial charge in [-0.15, -0.1) is 10.2 Å². The van der Waals surface area contributed by atoms with Crippen molar-refractivity contribution in [3.05, 3.63) is 24.0 Å². The maximum atomic E-state index is 12.0. The number of fused-ring (bicyclic) bond motifs is 1. The monoisotopic (exact) mass is 267 g/mol. The summed E-state index contributed by atoms with van der Waals surface area (Å²) in [6, 6.07) is 5.35. The molecule has 0 bridgehead atoms. The van der Waals surface area contributed by atoms with Crippen LogP contribution in [0.4, 0.5) is 0 Å². The molecular formula is C11H13N3O3S. The summed E-state index contributed by atoms with van der Waals surface area (Å²) in [6.45, 7) is 0. The quantitative estimate of drug-likeness (QED) is 0.811. The second kappa shape index (κ2) is 3.94. The molecule has 3 heterocycles. The van der Waals surface area contributed by atoms with Crippen molar-refractivity contribution in [3.8, 4) is 5.88 Å². The molecule has 3 rings (SSSR count). The van der Waals surface area contributed by atoms with E-state index in [1.165, 1.54) is 0 Å². The van der Waals surface area contributed by atoms with Crippen LogP contribution < -0.4 is 4.74 Å². The number of hydrogen-bond donors (Lipinski definition) is 0. The molecule has 2 aromatic rings. The van der Waals surface area contributed by atoms with E-state index in [0.29, 0.717) is 30.2 Å². The van der Waals surface area contributed by atoms with Crippen LogP contribution in [0.25, 0.3) is 5.65 Å². The topological polar surface area (TPSA) is 73.6 Å². The zero-order valence-electron chi connectivity index (χ0n) is 9.91. The van der Waals surface area contributed by atoms with Crippen LogP contribution >= 0.6 is 0 Å². The molecule has 7 heteroatoms. The van der Waals surface area contributed by atoms with Crippen molar-refractivity contribution in [1.82, 2.24) is 14.6 Å². The molecule has 6 nitrogen and oxygen atoms in total. The van der Waals surface area contributed by atoms with Gasteiger partial charge < -0.3 is 4.74 Å². The van der Waals surface area contributed by atoms with Gasteiger partial charge in [0.2, 0.25) is 5.88 Å². The summed E-state index contributed by atoms with van der Waals surface area (Å²) in [5.74, 6) is 1.23. The fraction of sp³-hybridized carbons (Fsp3) is 0.455. The average Bonchev–Trinajstić information content (AvgIpc) is 2.91. The Morgan fingerprint density at radius 2 is 2.22 bits per heavy atom. The first-order chi connectivity index (χ1) is 8.63. The van der Waals surface area contributed by atoms with Crippen molar-refractivity contribution in [2.24, 2.45) is 0 Å². The van der Waals surface area contributed by atoms with Gasteiger partial charge in [-0.2, -0.15) is 0 Å². The van der Waals surface area contributed by atoms with Gasteiger partial charge in [-0.05, 0) is 25.0 Å². The summed E-state index contributed by atoms with van der Waals surface area (Å²) in [5, 5.41) is 7.48. The summed E-state index contributed by atoms with van der Waals surface area (Å²) in [5.41, 5.74) is 0.603. The van der Waals surface area contributed by atoms with Gasteiger partial charge in [0, 0.05) is 0 Å². The van der Waals surface area contributed by atoms with Crippen LogP contribution in [0.1, 0.15) is 23.9 Å². The van der Waals surface area contributed by atoms with Crippen molar-refractivity contribution in [2.45, 2.75) is 18.1 Å². The Morgan fingerprint density at radius 3 is 2.89 bits per heavy atom. The van der Waals surface area contributed by atoms with Gasteiger partial charge >= 0.3 is 0 Å². The van der Waals surface area contributed by atoms with Crippen LogP contribution in [0.15, 0.2) is 18.2 Å². The van der Waals surface area contributed by atoms with Crippen LogP contribution in [0.2, 0.25) is 0 Å². The second-order valence-corrected chi connectivity index (χ2v) is 6.62. The zero-order valence-corrected chi connectivity index (χ0v) is 10.7. The number of nitrogens with zero attached hydrogens (tertiary/aromatic N) is 3. The summed E-state index contributed by atoms with van der Waals surface area (Å²) in [6.07, 6.45) is 1.28. The number of hydrogen-bond acceptors (Lipinski definition) is 5. The van der Waals surface area contributed by atoms with E-state index in [2.05, 4.69) is 10.2 Å². The number of aromatic nitrogens is 3. The van der Waals surface area contributed by atoms with Crippen molar-refractivity contribution < 1.29 is 13.2 Å². The van der Waals surface area contributed by atoms with Crippen molar-refractivity contribution in [1.29, 1.82) is 0 Å². The predicted molar refractivity (Wildman–Crippen MR) is 65.3 cm³/mol. The van der Waals surface area contributed by atoms with E-state index >= 15 is 0 Å². The summed E-state index contributed by atoms with van der Waals surface area (Å²) in [7, 11) is -1.56. The van der Waals surface area contributed by atoms with Gasteiger partial charge in [-0.25, -0.2) is 12.8 Å². The third-order valence-electron chi connectivity index (χ3n) is 3.24. The standard InChI is InChI=1S/C11H13N3O3S/c1-17-10-6-2-5-9-12-13-11(14(9)10)8-4-3-7-18(8,15)16/h2,5-6,8H,3-4,7H2,1H3. The lowest BCUT2D eigenvalue weighted by Gasteiger charge is -2.10. The molecule has 1 atom stereocenters. The van der Waals surface area contributed by atoms with Gasteiger partial charge in [0.1, 0.15) is 5.25 Å². The average molecular weight is 267 g/mol. The Kier molecular flexibility index (Phi) is 2.51. The highest BCUT2D eigenvalue weighted by atomic mass is 32.2. The molecule has 2 aromatic heterocycles. The van der Waals surface area contributed by atoms with Crippen LogP contribution in [-0.2, 0) is 9.84 Å². The smallest absolute Gasteiger partial charge is 0.200 e. The van der Waals surface area contributed by atoms with E-state index in [1.54, 1.807) is 29.7 Å². The van der Waals surface area contributed by atoms with Crippen LogP contribution in [0.5, 0.6) is 5.88 Å². The SMILES string of the molecule is COc1cccc2nnc(C3CCCS3(=O)=O)n12. The van der Waals surface area contributed by atoms with Crippen molar-refractivity contribution in [3.63, 3.8) is 0 Å². The number of ether oxygens (including phenoxy) is 1. The third kappa shape index (κ3) is 1.58. The summed E-state index contributed by atoms with van der Waals surface area (Å²) in [4.78, 5) is 0. The molecule has 0 N–H and O–H groups in total. The minimum Gasteiger partial charge on any atom is -0.482 e. The zero-order chi connectivity index (χ0) is 12.8. The molecule has 1 aliphatic heterocycles. The first kappa shape index (κ1) is 11.5. The number of methoxy groups -OCH3 is 1. The Balaban J connectivity index is 2.24. The third-order valence-corrected chi connectivity index (χ3v) is 5.41. The van der Waals surface area contributed by atoms with Crippen molar-refractivity contribution >= 4 is 15.5 Å². The molecule has 1 aliphatic rings. The first-order valence-electron chi connectivity index (χ1n) is 5.73. The maximum Gasteiger partial charge on any atom is 0.200 e. The Bertz CT molecular complexity index is 693. The van der Waals surface area contributed by atoms with Gasteiger partial charge in [0.15, 0.2) is 21.3 Å². The molecule has 0 spiro atoms. The van der Waals surface area contributed by atoms with Gasteiger partial charge in [0.05, 0.1) is 12.9 Å². The van der Waals surface area contributed by atoms with Crippen LogP contribution in [0, 0.1) is 0 Å². The lowest BCUT2D eigenvalue weighted by molar-refractivity contribution is 0.389. The highest BCUT2D eigenvalue weighted by Crippen LogP contribution is 2.34. The summed E-state index contributed by atoms with van der Waals surface area (Å²) < 4.78 is 30.9. The Morgan fingerprint density at radius 1 is 1.39 bits per heavy atom. The molecule has 1 saturated heterocycles. The molecule has 18 heavy (non-hydrogen) atoms. The largest absolute Gasteiger partial charge is 0.482 e.